The van der Waals surface area contributed by atoms with Crippen LogP contribution in [-0.2, 0) is 0 Å². The fourth-order valence-corrected chi connectivity index (χ4v) is 12.2. The third kappa shape index (κ3) is 6.41. The van der Waals surface area contributed by atoms with E-state index in [4.69, 9.17) is 9.97 Å². The zero-order valence-corrected chi connectivity index (χ0v) is 41.1. The molecule has 0 fully saturated rings. The topological polar surface area (TPSA) is 45.5 Å². The summed E-state index contributed by atoms with van der Waals surface area (Å²) in [4.78, 5) is 11.0. The summed E-state index contributed by atoms with van der Waals surface area (Å²) >= 11 is 0. The smallest absolute Gasteiger partial charge is 0.237 e. The molecule has 76 heavy (non-hydrogen) atoms. The molecular weight excluding hydrogens is 925 g/mol. The van der Waals surface area contributed by atoms with Crippen LogP contribution in [0, 0.1) is 0 Å². The molecule has 0 aliphatic rings. The van der Waals surface area contributed by atoms with Crippen molar-refractivity contribution in [2.24, 2.45) is 0 Å². The van der Waals surface area contributed by atoms with Gasteiger partial charge in [0.05, 0.1) is 49.8 Å². The van der Waals surface area contributed by atoms with Crippen molar-refractivity contribution in [2.75, 3.05) is 0 Å². The molecule has 6 heteroatoms. The molecule has 0 aliphatic carbocycles. The summed E-state index contributed by atoms with van der Waals surface area (Å²) in [5, 5.41) is 9.59. The summed E-state index contributed by atoms with van der Waals surface area (Å²) in [6.07, 6.45) is 0. The van der Waals surface area contributed by atoms with Crippen LogP contribution in [0.3, 0.4) is 0 Å². The van der Waals surface area contributed by atoms with Crippen molar-refractivity contribution in [3.63, 3.8) is 0 Å². The zero-order valence-electron chi connectivity index (χ0n) is 41.1. The lowest BCUT2D eigenvalue weighted by Crippen LogP contribution is -2.07. The number of benzene rings is 11. The van der Waals surface area contributed by atoms with Crippen molar-refractivity contribution in [1.82, 2.24) is 28.2 Å². The lowest BCUT2D eigenvalue weighted by Gasteiger charge is -2.14. The second-order valence-corrected chi connectivity index (χ2v) is 19.8. The van der Waals surface area contributed by atoms with E-state index in [1.54, 1.807) is 0 Å². The Bertz CT molecular complexity index is 4610. The molecular formula is C70H44N6. The SMILES string of the molecule is c1ccc(-c2cc(-n3c4ccccc4c4cc(-c5cccc(-n6c7ccccc7c7ccccc76)c5)ccc43)nc(-n3c4ccccc4c4cc(-c5cccc(-n6c7ccccc7c7ccccc76)c5)ccc43)n2)cc1. The molecule has 0 amide bonds. The predicted molar refractivity (Wildman–Crippen MR) is 316 cm³/mol. The number of fused-ring (bicyclic) bond motifs is 12. The summed E-state index contributed by atoms with van der Waals surface area (Å²) in [7, 11) is 0. The van der Waals surface area contributed by atoms with Gasteiger partial charge in [0.2, 0.25) is 5.95 Å². The lowest BCUT2D eigenvalue weighted by atomic mass is 10.0. The van der Waals surface area contributed by atoms with Gasteiger partial charge in [0.25, 0.3) is 0 Å². The van der Waals surface area contributed by atoms with Gasteiger partial charge >= 0.3 is 0 Å². The molecule has 0 saturated heterocycles. The third-order valence-corrected chi connectivity index (χ3v) is 15.6. The first-order valence-electron chi connectivity index (χ1n) is 25.9. The van der Waals surface area contributed by atoms with Crippen LogP contribution in [0.5, 0.6) is 0 Å². The summed E-state index contributed by atoms with van der Waals surface area (Å²) in [6, 6.07) is 96.3. The summed E-state index contributed by atoms with van der Waals surface area (Å²) in [6.45, 7) is 0. The second kappa shape index (κ2) is 16.6. The van der Waals surface area contributed by atoms with Crippen molar-refractivity contribution in [2.45, 2.75) is 0 Å². The maximum absolute atomic E-state index is 5.59. The largest absolute Gasteiger partial charge is 0.309 e. The molecule has 0 aliphatic heterocycles. The van der Waals surface area contributed by atoms with E-state index in [1.165, 1.54) is 43.6 Å². The summed E-state index contributed by atoms with van der Waals surface area (Å²) in [5.41, 5.74) is 17.7. The molecule has 6 nitrogen and oxygen atoms in total. The average Bonchev–Trinajstić information content (AvgIpc) is 4.27. The van der Waals surface area contributed by atoms with Crippen molar-refractivity contribution in [3.05, 3.63) is 267 Å². The van der Waals surface area contributed by atoms with Gasteiger partial charge < -0.3 is 9.13 Å². The molecule has 0 N–H and O–H groups in total. The highest BCUT2D eigenvalue weighted by Gasteiger charge is 2.22. The molecule has 0 bridgehead atoms. The number of rotatable bonds is 7. The molecule has 11 aromatic carbocycles. The average molecular weight is 969 g/mol. The molecule has 0 radical (unpaired) electrons. The van der Waals surface area contributed by atoms with E-state index in [-0.39, 0.29) is 0 Å². The number of para-hydroxylation sites is 6. The summed E-state index contributed by atoms with van der Waals surface area (Å²) in [5.74, 6) is 1.40. The van der Waals surface area contributed by atoms with Gasteiger partial charge in [0, 0.05) is 66.1 Å². The van der Waals surface area contributed by atoms with Crippen LogP contribution in [0.25, 0.3) is 144 Å². The molecule has 0 unspecified atom stereocenters. The molecule has 0 saturated carbocycles. The van der Waals surface area contributed by atoms with Crippen LogP contribution in [0.2, 0.25) is 0 Å². The maximum atomic E-state index is 5.59. The Labute approximate surface area is 436 Å². The summed E-state index contributed by atoms with van der Waals surface area (Å²) < 4.78 is 9.33. The van der Waals surface area contributed by atoms with Gasteiger partial charge in [-0.15, -0.1) is 0 Å². The Hall–Kier alpha value is -10.3. The second-order valence-electron chi connectivity index (χ2n) is 19.8. The predicted octanol–water partition coefficient (Wildman–Crippen LogP) is 17.9. The molecule has 5 heterocycles. The number of aromatic nitrogens is 6. The normalized spacial score (nSPS) is 11.9. The van der Waals surface area contributed by atoms with E-state index in [0.717, 1.165) is 94.3 Å². The van der Waals surface area contributed by atoms with Crippen LogP contribution >= 0.6 is 0 Å². The van der Waals surface area contributed by atoms with E-state index in [0.29, 0.717) is 5.95 Å². The van der Waals surface area contributed by atoms with Gasteiger partial charge in [-0.3, -0.25) is 9.13 Å². The highest BCUT2D eigenvalue weighted by atomic mass is 15.2. The van der Waals surface area contributed by atoms with E-state index >= 15 is 0 Å². The first-order valence-corrected chi connectivity index (χ1v) is 25.9. The van der Waals surface area contributed by atoms with Gasteiger partial charge in [-0.1, -0.05) is 176 Å². The molecule has 354 valence electrons. The minimum atomic E-state index is 0.605. The zero-order chi connectivity index (χ0) is 49.8. The van der Waals surface area contributed by atoms with Crippen LogP contribution in [0.1, 0.15) is 0 Å². The van der Waals surface area contributed by atoms with E-state index in [1.807, 2.05) is 0 Å². The number of hydrogen-bond acceptors (Lipinski definition) is 2. The van der Waals surface area contributed by atoms with Gasteiger partial charge in [-0.2, -0.15) is 4.98 Å². The molecule has 0 atom stereocenters. The monoisotopic (exact) mass is 968 g/mol. The lowest BCUT2D eigenvalue weighted by molar-refractivity contribution is 0.952. The Morgan fingerprint density at radius 3 is 1.01 bits per heavy atom. The van der Waals surface area contributed by atoms with Gasteiger partial charge in [-0.05, 0) is 107 Å². The van der Waals surface area contributed by atoms with Crippen molar-refractivity contribution >= 4 is 87.2 Å². The highest BCUT2D eigenvalue weighted by Crippen LogP contribution is 2.40. The number of hydrogen-bond donors (Lipinski definition) is 0. The van der Waals surface area contributed by atoms with E-state index in [9.17, 15) is 0 Å². The van der Waals surface area contributed by atoms with Crippen LogP contribution in [-0.4, -0.2) is 28.2 Å². The minimum Gasteiger partial charge on any atom is -0.309 e. The van der Waals surface area contributed by atoms with E-state index in [2.05, 4.69) is 285 Å². The Morgan fingerprint density at radius 1 is 0.211 bits per heavy atom. The van der Waals surface area contributed by atoms with E-state index < -0.39 is 0 Å². The molecule has 16 aromatic rings. The Morgan fingerprint density at radius 2 is 0.553 bits per heavy atom. The third-order valence-electron chi connectivity index (χ3n) is 15.6. The fraction of sp³-hybridized carbons (Fsp3) is 0. The van der Waals surface area contributed by atoms with Crippen LogP contribution in [0.15, 0.2) is 267 Å². The quantitative estimate of drug-likeness (QED) is 0.160. The molecule has 16 rings (SSSR count). The Kier molecular flexibility index (Phi) is 9.23. The Balaban J connectivity index is 0.850. The van der Waals surface area contributed by atoms with Crippen molar-refractivity contribution < 1.29 is 0 Å². The van der Waals surface area contributed by atoms with Crippen molar-refractivity contribution in [1.29, 1.82) is 0 Å². The van der Waals surface area contributed by atoms with Gasteiger partial charge in [-0.25, -0.2) is 4.98 Å². The maximum Gasteiger partial charge on any atom is 0.237 e. The standard InChI is InChI=1S/C70H44N6/c1-2-18-45(19-3-1)60-44-69(75-65-34-14-8-28-56(65)58-42-48(36-38-67(58)75)46-20-16-22-50(40-46)73-61-30-10-4-24-52(61)53-25-5-11-31-62(53)73)72-70(71-60)76-66-35-15-9-29-57(66)59-43-49(37-39-68(59)76)47-21-17-23-51(41-47)74-63-32-12-6-26-54(63)55-27-7-13-33-64(55)74/h1-44H. The van der Waals surface area contributed by atoms with Crippen molar-refractivity contribution in [3.8, 4) is 56.7 Å². The fourth-order valence-electron chi connectivity index (χ4n) is 12.2. The van der Waals surface area contributed by atoms with Gasteiger partial charge in [0.1, 0.15) is 5.82 Å². The minimum absolute atomic E-state index is 0.605. The van der Waals surface area contributed by atoms with Crippen LogP contribution < -0.4 is 0 Å². The molecule has 0 spiro atoms. The number of nitrogens with zero attached hydrogens (tertiary/aromatic N) is 6. The highest BCUT2D eigenvalue weighted by molar-refractivity contribution is 6.13. The molecule has 5 aromatic heterocycles. The van der Waals surface area contributed by atoms with Gasteiger partial charge in [0.15, 0.2) is 0 Å². The van der Waals surface area contributed by atoms with Crippen LogP contribution in [0.4, 0.5) is 0 Å². The first-order chi connectivity index (χ1) is 37.7. The first kappa shape index (κ1) is 42.2.